The first-order valence-corrected chi connectivity index (χ1v) is 7.87. The lowest BCUT2D eigenvalue weighted by Crippen LogP contribution is -2.17. The monoisotopic (exact) mass is 297 g/mol. The molecule has 0 N–H and O–H groups in total. The molecule has 19 heavy (non-hydrogen) atoms. The van der Waals surface area contributed by atoms with Crippen molar-refractivity contribution < 1.29 is 13.2 Å². The summed E-state index contributed by atoms with van der Waals surface area (Å²) in [7, 11) is -3.46. The number of carbonyl (C=O) groups excluding carboxylic acids is 1. The Morgan fingerprint density at radius 2 is 2.21 bits per heavy atom. The van der Waals surface area contributed by atoms with E-state index in [0.29, 0.717) is 16.9 Å². The second-order valence-corrected chi connectivity index (χ2v) is 7.41. The smallest absolute Gasteiger partial charge is 0.155 e. The van der Waals surface area contributed by atoms with Crippen LogP contribution in [0.5, 0.6) is 0 Å². The highest BCUT2D eigenvalue weighted by Crippen LogP contribution is 2.61. The third kappa shape index (κ3) is 2.05. The van der Waals surface area contributed by atoms with Crippen LogP contribution in [-0.4, -0.2) is 25.7 Å². The molecule has 0 aliphatic heterocycles. The van der Waals surface area contributed by atoms with Gasteiger partial charge < -0.3 is 4.79 Å². The van der Waals surface area contributed by atoms with Gasteiger partial charge in [0.15, 0.2) is 9.84 Å². The van der Waals surface area contributed by atoms with Gasteiger partial charge >= 0.3 is 0 Å². The van der Waals surface area contributed by atoms with Crippen LogP contribution in [0.15, 0.2) is 24.3 Å². The average Bonchev–Trinajstić information content (AvgIpc) is 3.09. The Hall–Kier alpha value is -1.38. The van der Waals surface area contributed by atoms with Gasteiger partial charge in [-0.1, -0.05) is 30.7 Å². The molecule has 0 aromatic heterocycles. The molecule has 1 saturated carbocycles. The molecular formula is C13H12ClNO3S. The standard InChI is InChI=1S/C13H12ClNO3S/c1-2-19(17,18)12-11(13(12,7-15)8-16)9-4-3-5-10(14)6-9/h3-6,8,11-12H,2H2,1H3/t11-,12-,13+/m1/s1. The second-order valence-electron chi connectivity index (χ2n) is 4.57. The number of sulfone groups is 1. The first-order chi connectivity index (χ1) is 8.93. The number of aldehydes is 1. The van der Waals surface area contributed by atoms with E-state index in [1.807, 2.05) is 6.07 Å². The molecule has 0 radical (unpaired) electrons. The van der Waals surface area contributed by atoms with Crippen molar-refractivity contribution in [2.24, 2.45) is 5.41 Å². The normalized spacial score (nSPS) is 29.5. The van der Waals surface area contributed by atoms with Crippen molar-refractivity contribution in [2.45, 2.75) is 18.1 Å². The van der Waals surface area contributed by atoms with Gasteiger partial charge in [-0.15, -0.1) is 0 Å². The molecule has 1 aliphatic rings. The van der Waals surface area contributed by atoms with Gasteiger partial charge in [0.25, 0.3) is 0 Å². The summed E-state index contributed by atoms with van der Waals surface area (Å²) in [6.45, 7) is 1.51. The fraction of sp³-hybridized carbons (Fsp3) is 0.385. The number of hydrogen-bond acceptors (Lipinski definition) is 4. The average molecular weight is 298 g/mol. The largest absolute Gasteiger partial charge is 0.302 e. The van der Waals surface area contributed by atoms with Crippen molar-refractivity contribution in [3.05, 3.63) is 34.9 Å². The Balaban J connectivity index is 2.52. The summed E-state index contributed by atoms with van der Waals surface area (Å²) in [6.07, 6.45) is 0.455. The van der Waals surface area contributed by atoms with E-state index in [4.69, 9.17) is 11.6 Å². The van der Waals surface area contributed by atoms with Gasteiger partial charge in [0.05, 0.1) is 11.3 Å². The molecule has 0 amide bonds. The fourth-order valence-electron chi connectivity index (χ4n) is 2.51. The molecule has 2 rings (SSSR count). The van der Waals surface area contributed by atoms with Crippen molar-refractivity contribution in [2.75, 3.05) is 5.75 Å². The van der Waals surface area contributed by atoms with E-state index in [1.165, 1.54) is 6.92 Å². The molecule has 3 atom stereocenters. The summed E-state index contributed by atoms with van der Waals surface area (Å²) >= 11 is 5.87. The van der Waals surface area contributed by atoms with Crippen LogP contribution in [0, 0.1) is 16.7 Å². The van der Waals surface area contributed by atoms with E-state index in [1.54, 1.807) is 24.3 Å². The zero-order valence-corrected chi connectivity index (χ0v) is 11.8. The van der Waals surface area contributed by atoms with Gasteiger partial charge in [-0.25, -0.2) is 8.42 Å². The first kappa shape index (κ1) is 14.0. The highest BCUT2D eigenvalue weighted by atomic mass is 35.5. The maximum atomic E-state index is 12.0. The first-order valence-electron chi connectivity index (χ1n) is 5.77. The summed E-state index contributed by atoms with van der Waals surface area (Å²) < 4.78 is 24.0. The molecule has 0 heterocycles. The Morgan fingerprint density at radius 3 is 2.68 bits per heavy atom. The van der Waals surface area contributed by atoms with Gasteiger partial charge in [0, 0.05) is 16.7 Å². The van der Waals surface area contributed by atoms with Crippen LogP contribution >= 0.6 is 11.6 Å². The minimum atomic E-state index is -3.46. The van der Waals surface area contributed by atoms with E-state index < -0.39 is 26.4 Å². The van der Waals surface area contributed by atoms with Crippen molar-refractivity contribution in [1.29, 1.82) is 5.26 Å². The lowest BCUT2D eigenvalue weighted by molar-refractivity contribution is -0.110. The summed E-state index contributed by atoms with van der Waals surface area (Å²) in [6, 6.07) is 8.50. The van der Waals surface area contributed by atoms with Gasteiger partial charge in [0.2, 0.25) is 0 Å². The van der Waals surface area contributed by atoms with Crippen LogP contribution in [-0.2, 0) is 14.6 Å². The second kappa shape index (κ2) is 4.62. The van der Waals surface area contributed by atoms with Crippen LogP contribution in [0.3, 0.4) is 0 Å². The van der Waals surface area contributed by atoms with Crippen molar-refractivity contribution in [3.63, 3.8) is 0 Å². The van der Waals surface area contributed by atoms with Crippen LogP contribution < -0.4 is 0 Å². The summed E-state index contributed by atoms with van der Waals surface area (Å²) in [5.74, 6) is -0.718. The minimum Gasteiger partial charge on any atom is -0.302 e. The third-order valence-corrected chi connectivity index (χ3v) is 6.04. The number of carbonyl (C=O) groups is 1. The molecule has 4 nitrogen and oxygen atoms in total. The van der Waals surface area contributed by atoms with E-state index in [9.17, 15) is 18.5 Å². The number of rotatable bonds is 4. The highest BCUT2D eigenvalue weighted by Gasteiger charge is 2.72. The molecule has 1 aromatic carbocycles. The highest BCUT2D eigenvalue weighted by molar-refractivity contribution is 7.92. The molecule has 1 aliphatic carbocycles. The molecule has 0 saturated heterocycles. The van der Waals surface area contributed by atoms with Crippen LogP contribution in [0.1, 0.15) is 18.4 Å². The predicted octanol–water partition coefficient (Wildman–Crippen LogP) is 1.95. The quantitative estimate of drug-likeness (QED) is 0.796. The molecule has 100 valence electrons. The van der Waals surface area contributed by atoms with E-state index in [2.05, 4.69) is 0 Å². The zero-order chi connectivity index (χ0) is 14.3. The molecule has 0 unspecified atom stereocenters. The topological polar surface area (TPSA) is 75.0 Å². The van der Waals surface area contributed by atoms with Crippen molar-refractivity contribution in [3.8, 4) is 6.07 Å². The SMILES string of the molecule is CCS(=O)(=O)[C@@H]1[C@@H](c2cccc(Cl)c2)[C@]1(C#N)C=O. The molecule has 0 spiro atoms. The predicted molar refractivity (Wildman–Crippen MR) is 71.6 cm³/mol. The van der Waals surface area contributed by atoms with Crippen LogP contribution in [0.25, 0.3) is 0 Å². The van der Waals surface area contributed by atoms with Crippen LogP contribution in [0.2, 0.25) is 5.02 Å². The minimum absolute atomic E-state index is 0.0913. The van der Waals surface area contributed by atoms with Crippen LogP contribution in [0.4, 0.5) is 0 Å². The Morgan fingerprint density at radius 1 is 1.53 bits per heavy atom. The van der Waals surface area contributed by atoms with Gasteiger partial charge in [-0.3, -0.25) is 0 Å². The van der Waals surface area contributed by atoms with E-state index in [-0.39, 0.29) is 5.75 Å². The lowest BCUT2D eigenvalue weighted by atomic mass is 10.0. The van der Waals surface area contributed by atoms with Crippen molar-refractivity contribution >= 4 is 27.7 Å². The third-order valence-electron chi connectivity index (χ3n) is 3.56. The number of benzene rings is 1. The molecule has 6 heteroatoms. The Labute approximate surface area is 116 Å². The van der Waals surface area contributed by atoms with E-state index >= 15 is 0 Å². The van der Waals surface area contributed by atoms with Crippen molar-refractivity contribution in [1.82, 2.24) is 0 Å². The Kier molecular flexibility index (Phi) is 3.41. The number of hydrogen-bond donors (Lipinski definition) is 0. The zero-order valence-electron chi connectivity index (χ0n) is 10.2. The molecule has 0 bridgehead atoms. The van der Waals surface area contributed by atoms with E-state index in [0.717, 1.165) is 0 Å². The fourth-order valence-corrected chi connectivity index (χ4v) is 4.63. The number of halogens is 1. The molecular weight excluding hydrogens is 286 g/mol. The van der Waals surface area contributed by atoms with Gasteiger partial charge in [-0.2, -0.15) is 5.26 Å². The maximum Gasteiger partial charge on any atom is 0.155 e. The number of nitrogens with zero attached hydrogens (tertiary/aromatic N) is 1. The molecule has 1 fully saturated rings. The van der Waals surface area contributed by atoms with Gasteiger partial charge in [0.1, 0.15) is 11.7 Å². The lowest BCUT2D eigenvalue weighted by Gasteiger charge is -2.00. The maximum absolute atomic E-state index is 12.0. The molecule has 1 aromatic rings. The number of nitriles is 1. The summed E-state index contributed by atoms with van der Waals surface area (Å²) in [4.78, 5) is 11.2. The summed E-state index contributed by atoms with van der Waals surface area (Å²) in [5, 5.41) is 8.69. The Bertz CT molecular complexity index is 665. The van der Waals surface area contributed by atoms with Gasteiger partial charge in [-0.05, 0) is 17.7 Å². The summed E-state index contributed by atoms with van der Waals surface area (Å²) in [5.41, 5.74) is -0.859.